The van der Waals surface area contributed by atoms with Crippen molar-refractivity contribution in [2.75, 3.05) is 25.0 Å². The van der Waals surface area contributed by atoms with Crippen LogP contribution in [0.4, 0.5) is 5.69 Å². The number of anilines is 1. The van der Waals surface area contributed by atoms with Gasteiger partial charge in [-0.25, -0.2) is 0 Å². The van der Waals surface area contributed by atoms with Gasteiger partial charge in [-0.3, -0.25) is 9.59 Å². The fourth-order valence-corrected chi connectivity index (χ4v) is 4.64. The molecule has 2 spiro atoms. The lowest BCUT2D eigenvalue weighted by atomic mass is 9.80. The number of morpholine rings is 1. The molecule has 3 aliphatic rings. The van der Waals surface area contributed by atoms with Crippen molar-refractivity contribution in [3.8, 4) is 0 Å². The summed E-state index contributed by atoms with van der Waals surface area (Å²) in [5.41, 5.74) is 2.03. The molecule has 1 saturated heterocycles. The molecule has 2 aliphatic carbocycles. The Morgan fingerprint density at radius 1 is 1.19 bits per heavy atom. The predicted octanol–water partition coefficient (Wildman–Crippen LogP) is 2.20. The molecule has 0 aromatic heterocycles. The molecule has 0 radical (unpaired) electrons. The number of ether oxygens (including phenoxy) is 2. The summed E-state index contributed by atoms with van der Waals surface area (Å²) >= 11 is 0. The lowest BCUT2D eigenvalue weighted by Gasteiger charge is -2.50. The molecule has 0 amide bonds. The fourth-order valence-electron chi connectivity index (χ4n) is 4.64. The fraction of sp³-hybridized carbons (Fsp3) is 0.619. The predicted molar refractivity (Wildman–Crippen MR) is 102 cm³/mol. The molecule has 0 bridgehead atoms. The van der Waals surface area contributed by atoms with E-state index in [1.807, 2.05) is 19.2 Å². The van der Waals surface area contributed by atoms with Crippen molar-refractivity contribution in [2.45, 2.75) is 62.2 Å². The van der Waals surface area contributed by atoms with Gasteiger partial charge in [0.05, 0.1) is 17.6 Å². The summed E-state index contributed by atoms with van der Waals surface area (Å²) in [6.45, 7) is 2.05. The van der Waals surface area contributed by atoms with E-state index in [0.717, 1.165) is 57.2 Å². The van der Waals surface area contributed by atoms with Crippen LogP contribution in [0.5, 0.6) is 0 Å². The zero-order valence-corrected chi connectivity index (χ0v) is 15.9. The average molecular weight is 372 g/mol. The number of carbonyl (C=O) groups excluding carboxylic acids is 2. The molecule has 1 heterocycles. The third kappa shape index (κ3) is 4.01. The molecule has 6 heteroatoms. The van der Waals surface area contributed by atoms with E-state index in [-0.39, 0.29) is 24.1 Å². The third-order valence-corrected chi connectivity index (χ3v) is 6.33. The Morgan fingerprint density at radius 2 is 1.81 bits per heavy atom. The van der Waals surface area contributed by atoms with E-state index in [1.165, 1.54) is 5.69 Å². The number of nitrogens with one attached hydrogen (secondary N) is 1. The molecule has 1 aromatic carbocycles. The maximum absolute atomic E-state index is 11.5. The van der Waals surface area contributed by atoms with Crippen LogP contribution >= 0.6 is 0 Å². The van der Waals surface area contributed by atoms with Crippen molar-refractivity contribution in [1.29, 1.82) is 0 Å². The SMILES string of the molecule is CNC1CCC2(CC1)CN(c1ccc(CC(=O)OC=O)cc1)CC1(CC1)O2. The highest BCUT2D eigenvalue weighted by molar-refractivity contribution is 5.78. The molecule has 0 unspecified atom stereocenters. The number of benzene rings is 1. The van der Waals surface area contributed by atoms with Crippen LogP contribution in [0.1, 0.15) is 44.1 Å². The molecule has 3 fully saturated rings. The second kappa shape index (κ2) is 7.24. The van der Waals surface area contributed by atoms with Gasteiger partial charge in [0.1, 0.15) is 0 Å². The first-order valence-corrected chi connectivity index (χ1v) is 9.90. The first-order chi connectivity index (χ1) is 13.1. The number of hydrogen-bond acceptors (Lipinski definition) is 6. The van der Waals surface area contributed by atoms with Gasteiger partial charge < -0.3 is 19.7 Å². The van der Waals surface area contributed by atoms with Gasteiger partial charge in [-0.1, -0.05) is 12.1 Å². The van der Waals surface area contributed by atoms with E-state index in [2.05, 4.69) is 27.1 Å². The molecule has 1 aromatic rings. The average Bonchev–Trinajstić information content (AvgIpc) is 3.40. The minimum atomic E-state index is -0.527. The molecule has 0 atom stereocenters. The summed E-state index contributed by atoms with van der Waals surface area (Å²) in [5.74, 6) is -0.527. The topological polar surface area (TPSA) is 67.9 Å². The summed E-state index contributed by atoms with van der Waals surface area (Å²) < 4.78 is 11.1. The van der Waals surface area contributed by atoms with Crippen LogP contribution in [-0.2, 0) is 25.5 Å². The van der Waals surface area contributed by atoms with Gasteiger partial charge in [0.2, 0.25) is 0 Å². The Kier molecular flexibility index (Phi) is 4.95. The van der Waals surface area contributed by atoms with Crippen molar-refractivity contribution in [2.24, 2.45) is 0 Å². The minimum Gasteiger partial charge on any atom is -0.395 e. The highest BCUT2D eigenvalue weighted by Crippen LogP contribution is 2.50. The smallest absolute Gasteiger partial charge is 0.317 e. The van der Waals surface area contributed by atoms with E-state index in [0.29, 0.717) is 6.04 Å². The normalized spacial score (nSPS) is 28.9. The Balaban J connectivity index is 1.46. The molecular weight excluding hydrogens is 344 g/mol. The number of carbonyl (C=O) groups is 2. The molecule has 2 saturated carbocycles. The highest BCUT2D eigenvalue weighted by atomic mass is 16.6. The second-order valence-corrected chi connectivity index (χ2v) is 8.32. The van der Waals surface area contributed by atoms with E-state index < -0.39 is 5.97 Å². The summed E-state index contributed by atoms with van der Waals surface area (Å²) in [4.78, 5) is 24.2. The van der Waals surface area contributed by atoms with Gasteiger partial charge in [0, 0.05) is 24.8 Å². The van der Waals surface area contributed by atoms with Crippen molar-refractivity contribution in [3.63, 3.8) is 0 Å². The Hall–Kier alpha value is -1.92. The molecule has 1 aliphatic heterocycles. The van der Waals surface area contributed by atoms with Crippen LogP contribution in [0, 0.1) is 0 Å². The standard InChI is InChI=1S/C21H28N2O4/c1-22-17-6-8-20(9-7-17)13-23(14-21(27-20)10-11-21)18-4-2-16(3-5-18)12-19(25)26-15-24/h2-5,15,17,22H,6-14H2,1H3. The van der Waals surface area contributed by atoms with Crippen LogP contribution in [0.25, 0.3) is 0 Å². The van der Waals surface area contributed by atoms with Crippen molar-refractivity contribution in [3.05, 3.63) is 29.8 Å². The van der Waals surface area contributed by atoms with Crippen LogP contribution in [0.15, 0.2) is 24.3 Å². The monoisotopic (exact) mass is 372 g/mol. The van der Waals surface area contributed by atoms with Gasteiger partial charge in [0.15, 0.2) is 0 Å². The first kappa shape index (κ1) is 18.4. The number of esters is 1. The van der Waals surface area contributed by atoms with Crippen molar-refractivity contribution < 1.29 is 19.1 Å². The maximum atomic E-state index is 11.5. The molecule has 146 valence electrons. The largest absolute Gasteiger partial charge is 0.395 e. The molecule has 27 heavy (non-hydrogen) atoms. The lowest BCUT2D eigenvalue weighted by Crippen LogP contribution is -2.59. The number of rotatable bonds is 5. The van der Waals surface area contributed by atoms with Crippen LogP contribution in [-0.4, -0.2) is 49.8 Å². The van der Waals surface area contributed by atoms with Gasteiger partial charge in [-0.05, 0) is 63.3 Å². The second-order valence-electron chi connectivity index (χ2n) is 8.32. The van der Waals surface area contributed by atoms with Gasteiger partial charge in [-0.15, -0.1) is 0 Å². The summed E-state index contributed by atoms with van der Waals surface area (Å²) in [7, 11) is 2.05. The summed E-state index contributed by atoms with van der Waals surface area (Å²) in [5, 5.41) is 3.41. The maximum Gasteiger partial charge on any atom is 0.317 e. The lowest BCUT2D eigenvalue weighted by molar-refractivity contribution is -0.150. The van der Waals surface area contributed by atoms with E-state index in [4.69, 9.17) is 4.74 Å². The van der Waals surface area contributed by atoms with Crippen LogP contribution < -0.4 is 10.2 Å². The van der Waals surface area contributed by atoms with Gasteiger partial charge in [-0.2, -0.15) is 0 Å². The molecule has 4 rings (SSSR count). The molecule has 6 nitrogen and oxygen atoms in total. The van der Waals surface area contributed by atoms with E-state index in [1.54, 1.807) is 0 Å². The third-order valence-electron chi connectivity index (χ3n) is 6.33. The quantitative estimate of drug-likeness (QED) is 0.486. The Labute approximate surface area is 160 Å². The van der Waals surface area contributed by atoms with Crippen LogP contribution in [0.3, 0.4) is 0 Å². The first-order valence-electron chi connectivity index (χ1n) is 9.90. The van der Waals surface area contributed by atoms with Gasteiger partial charge in [0.25, 0.3) is 0 Å². The zero-order valence-electron chi connectivity index (χ0n) is 15.9. The van der Waals surface area contributed by atoms with Crippen LogP contribution in [0.2, 0.25) is 0 Å². The summed E-state index contributed by atoms with van der Waals surface area (Å²) in [6.07, 6.45) is 6.95. The minimum absolute atomic E-state index is 0.0332. The zero-order chi connectivity index (χ0) is 18.9. The van der Waals surface area contributed by atoms with Crippen molar-refractivity contribution in [1.82, 2.24) is 5.32 Å². The Morgan fingerprint density at radius 3 is 2.37 bits per heavy atom. The molecule has 1 N–H and O–H groups in total. The number of hydrogen-bond donors (Lipinski definition) is 1. The van der Waals surface area contributed by atoms with Crippen molar-refractivity contribution >= 4 is 18.1 Å². The highest BCUT2D eigenvalue weighted by Gasteiger charge is 2.55. The van der Waals surface area contributed by atoms with E-state index >= 15 is 0 Å². The number of nitrogens with zero attached hydrogens (tertiary/aromatic N) is 1. The summed E-state index contributed by atoms with van der Waals surface area (Å²) in [6, 6.07) is 8.63. The molecular formula is C21H28N2O4. The Bertz CT molecular complexity index is 691. The van der Waals surface area contributed by atoms with Gasteiger partial charge >= 0.3 is 12.4 Å². The van der Waals surface area contributed by atoms with E-state index in [9.17, 15) is 9.59 Å².